The van der Waals surface area contributed by atoms with Gasteiger partial charge in [-0.2, -0.15) is 0 Å². The van der Waals surface area contributed by atoms with Gasteiger partial charge in [0.1, 0.15) is 0 Å². The number of hydrogen-bond acceptors (Lipinski definition) is 5. The molecular weight excluding hydrogens is 306 g/mol. The van der Waals surface area contributed by atoms with Crippen LogP contribution in [0.5, 0.6) is 0 Å². The minimum atomic E-state index is -0.298. The lowest BCUT2D eigenvalue weighted by Gasteiger charge is -2.11. The van der Waals surface area contributed by atoms with Crippen molar-refractivity contribution in [2.75, 3.05) is 6.61 Å². The summed E-state index contributed by atoms with van der Waals surface area (Å²) in [6.45, 7) is 3.66. The average Bonchev–Trinajstić information content (AvgIpc) is 2.96. The van der Waals surface area contributed by atoms with Gasteiger partial charge in [0.2, 0.25) is 0 Å². The fraction of sp³-hybridized carbons (Fsp3) is 0.294. The van der Waals surface area contributed by atoms with E-state index in [0.717, 1.165) is 16.6 Å². The largest absolute Gasteiger partial charge is 0.396 e. The van der Waals surface area contributed by atoms with E-state index in [4.69, 9.17) is 5.11 Å². The number of fused-ring (bicyclic) bond motifs is 1. The fourth-order valence-electron chi connectivity index (χ4n) is 2.58. The van der Waals surface area contributed by atoms with E-state index in [9.17, 15) is 4.79 Å². The summed E-state index contributed by atoms with van der Waals surface area (Å²) in [7, 11) is 0. The summed E-state index contributed by atoms with van der Waals surface area (Å²) >= 11 is 0. The Hall–Kier alpha value is -2.80. The van der Waals surface area contributed by atoms with Crippen molar-refractivity contribution in [1.82, 2.24) is 25.3 Å². The van der Waals surface area contributed by atoms with Gasteiger partial charge in [-0.25, -0.2) is 4.68 Å². The Morgan fingerprint density at radius 3 is 2.92 bits per heavy atom. The van der Waals surface area contributed by atoms with Gasteiger partial charge in [0.25, 0.3) is 5.91 Å². The van der Waals surface area contributed by atoms with Crippen LogP contribution in [0.15, 0.2) is 36.5 Å². The van der Waals surface area contributed by atoms with Crippen molar-refractivity contribution in [2.24, 2.45) is 0 Å². The van der Waals surface area contributed by atoms with Crippen molar-refractivity contribution in [3.8, 4) is 5.69 Å². The lowest BCUT2D eigenvalue weighted by molar-refractivity contribution is 0.0928. The molecule has 124 valence electrons. The fourth-order valence-corrected chi connectivity index (χ4v) is 2.58. The van der Waals surface area contributed by atoms with E-state index in [1.807, 2.05) is 37.3 Å². The maximum Gasteiger partial charge on any atom is 0.273 e. The van der Waals surface area contributed by atoms with Gasteiger partial charge in [0.05, 0.1) is 16.9 Å². The molecule has 3 aromatic rings. The van der Waals surface area contributed by atoms with E-state index in [1.54, 1.807) is 17.8 Å². The molecule has 24 heavy (non-hydrogen) atoms. The second-order valence-electron chi connectivity index (χ2n) is 5.67. The third kappa shape index (κ3) is 2.98. The molecule has 1 unspecified atom stereocenters. The molecule has 0 bridgehead atoms. The summed E-state index contributed by atoms with van der Waals surface area (Å²) in [6.07, 6.45) is 2.22. The van der Waals surface area contributed by atoms with Gasteiger partial charge in [-0.1, -0.05) is 23.4 Å². The van der Waals surface area contributed by atoms with Gasteiger partial charge < -0.3 is 10.4 Å². The number of nitrogens with one attached hydrogen (secondary N) is 1. The first-order valence-corrected chi connectivity index (χ1v) is 7.80. The zero-order chi connectivity index (χ0) is 17.1. The molecule has 2 aromatic heterocycles. The maximum atomic E-state index is 12.3. The van der Waals surface area contributed by atoms with E-state index in [0.29, 0.717) is 12.1 Å². The van der Waals surface area contributed by atoms with E-state index in [1.165, 1.54) is 0 Å². The lowest BCUT2D eigenvalue weighted by atomic mass is 10.2. The molecule has 1 atom stereocenters. The van der Waals surface area contributed by atoms with Gasteiger partial charge in [-0.15, -0.1) is 5.10 Å². The Bertz CT molecular complexity index is 869. The summed E-state index contributed by atoms with van der Waals surface area (Å²) in [4.78, 5) is 16.7. The van der Waals surface area contributed by atoms with E-state index >= 15 is 0 Å². The zero-order valence-electron chi connectivity index (χ0n) is 13.6. The second kappa shape index (κ2) is 6.76. The molecule has 0 aliphatic rings. The van der Waals surface area contributed by atoms with E-state index in [2.05, 4.69) is 20.6 Å². The van der Waals surface area contributed by atoms with E-state index in [-0.39, 0.29) is 24.2 Å². The first-order valence-electron chi connectivity index (χ1n) is 7.80. The molecule has 7 heteroatoms. The minimum Gasteiger partial charge on any atom is -0.396 e. The molecule has 1 aromatic carbocycles. The number of amides is 1. The number of rotatable bonds is 5. The third-order valence-electron chi connectivity index (χ3n) is 3.89. The third-order valence-corrected chi connectivity index (χ3v) is 3.89. The molecule has 2 heterocycles. The number of para-hydroxylation sites is 1. The molecule has 1 amide bonds. The number of aromatic nitrogens is 4. The van der Waals surface area contributed by atoms with Gasteiger partial charge in [-0.3, -0.25) is 9.78 Å². The summed E-state index contributed by atoms with van der Waals surface area (Å²) in [6, 6.07) is 9.51. The number of hydrogen-bond donors (Lipinski definition) is 2. The van der Waals surface area contributed by atoms with Gasteiger partial charge in [-0.05, 0) is 32.4 Å². The standard InChI is InChI=1S/C17H19N5O2/c1-11(8-10-23)19-17(24)15-12(2)22(21-20-15)14-7-3-5-13-6-4-9-18-16(13)14/h3-7,9,11,23H,8,10H2,1-2H3,(H,19,24). The molecule has 7 nitrogen and oxygen atoms in total. The number of pyridine rings is 1. The SMILES string of the molecule is Cc1c(C(=O)NC(C)CCO)nnn1-c1cccc2cccnc12. The molecule has 2 N–H and O–H groups in total. The number of aliphatic hydroxyl groups is 1. The lowest BCUT2D eigenvalue weighted by Crippen LogP contribution is -2.33. The Kier molecular flexibility index (Phi) is 4.52. The van der Waals surface area contributed by atoms with Crippen molar-refractivity contribution < 1.29 is 9.90 Å². The molecule has 0 radical (unpaired) electrons. The van der Waals surface area contributed by atoms with Crippen molar-refractivity contribution in [1.29, 1.82) is 0 Å². The highest BCUT2D eigenvalue weighted by Crippen LogP contribution is 2.21. The van der Waals surface area contributed by atoms with Crippen LogP contribution in [0.25, 0.3) is 16.6 Å². The number of benzene rings is 1. The van der Waals surface area contributed by atoms with Crippen LogP contribution in [-0.4, -0.2) is 43.6 Å². The summed E-state index contributed by atoms with van der Waals surface area (Å²) < 4.78 is 1.63. The smallest absolute Gasteiger partial charge is 0.273 e. The van der Waals surface area contributed by atoms with Gasteiger partial charge in [0, 0.05) is 24.2 Å². The summed E-state index contributed by atoms with van der Waals surface area (Å²) in [5.74, 6) is -0.298. The van der Waals surface area contributed by atoms with Gasteiger partial charge in [0.15, 0.2) is 5.69 Å². The molecule has 0 spiro atoms. The van der Waals surface area contributed by atoms with Crippen molar-refractivity contribution >= 4 is 16.8 Å². The van der Waals surface area contributed by atoms with Gasteiger partial charge >= 0.3 is 0 Å². The summed E-state index contributed by atoms with van der Waals surface area (Å²) in [5.41, 5.74) is 2.49. The van der Waals surface area contributed by atoms with Crippen molar-refractivity contribution in [3.05, 3.63) is 47.9 Å². The van der Waals surface area contributed by atoms with Crippen LogP contribution in [0.4, 0.5) is 0 Å². The second-order valence-corrected chi connectivity index (χ2v) is 5.67. The number of carbonyl (C=O) groups excluding carboxylic acids is 1. The molecule has 3 rings (SSSR count). The molecule has 0 saturated heterocycles. The van der Waals surface area contributed by atoms with E-state index < -0.39 is 0 Å². The first-order chi connectivity index (χ1) is 11.6. The molecule has 0 saturated carbocycles. The number of aliphatic hydroxyl groups excluding tert-OH is 1. The number of nitrogens with zero attached hydrogens (tertiary/aromatic N) is 4. The normalized spacial score (nSPS) is 12.3. The highest BCUT2D eigenvalue weighted by Gasteiger charge is 2.19. The van der Waals surface area contributed by atoms with Crippen molar-refractivity contribution in [3.63, 3.8) is 0 Å². The molecular formula is C17H19N5O2. The minimum absolute atomic E-state index is 0.0226. The van der Waals surface area contributed by atoms with Crippen LogP contribution in [0.1, 0.15) is 29.5 Å². The Balaban J connectivity index is 1.96. The van der Waals surface area contributed by atoms with Crippen molar-refractivity contribution in [2.45, 2.75) is 26.3 Å². The highest BCUT2D eigenvalue weighted by molar-refractivity contribution is 5.94. The first kappa shape index (κ1) is 16.1. The monoisotopic (exact) mass is 325 g/mol. The predicted molar refractivity (Wildman–Crippen MR) is 90.0 cm³/mol. The highest BCUT2D eigenvalue weighted by atomic mass is 16.3. The summed E-state index contributed by atoms with van der Waals surface area (Å²) in [5, 5.41) is 20.9. The molecule has 0 aliphatic carbocycles. The zero-order valence-corrected chi connectivity index (χ0v) is 13.6. The Morgan fingerprint density at radius 1 is 1.33 bits per heavy atom. The topological polar surface area (TPSA) is 92.9 Å². The quantitative estimate of drug-likeness (QED) is 0.743. The van der Waals surface area contributed by atoms with Crippen LogP contribution in [0.2, 0.25) is 0 Å². The number of carbonyl (C=O) groups is 1. The maximum absolute atomic E-state index is 12.3. The van der Waals surface area contributed by atoms with Crippen LogP contribution >= 0.6 is 0 Å². The molecule has 0 aliphatic heterocycles. The van der Waals surface area contributed by atoms with Crippen LogP contribution in [-0.2, 0) is 0 Å². The average molecular weight is 325 g/mol. The predicted octanol–water partition coefficient (Wildman–Crippen LogP) is 1.62. The Labute approximate surface area is 139 Å². The Morgan fingerprint density at radius 2 is 2.12 bits per heavy atom. The van der Waals surface area contributed by atoms with Crippen LogP contribution in [0, 0.1) is 6.92 Å². The van der Waals surface area contributed by atoms with Crippen LogP contribution < -0.4 is 5.32 Å². The van der Waals surface area contributed by atoms with Crippen LogP contribution in [0.3, 0.4) is 0 Å². The molecule has 0 fully saturated rings.